The molecule has 0 atom stereocenters. The van der Waals surface area contributed by atoms with Crippen molar-refractivity contribution in [3.05, 3.63) is 69.7 Å². The first-order valence-electron chi connectivity index (χ1n) is 14.5. The van der Waals surface area contributed by atoms with Gasteiger partial charge in [-0.05, 0) is 53.4 Å². The normalized spacial score (nSPS) is 15.7. The standard InChI is InChI=1S/C15H15BrClFN4O.C15H16ClFN4O/c16-15-14(10-5-12(18)19-7-11(10)17)22-13(8-21-15)20-6-9-1-3-23-4-2-9;16-12-7-19-14(17)5-11(12)13-8-18-9-15(21-13)20-6-10-1-3-22-4-2-10/h5,7-9H,1-4,6H2,(H,20,22);5,7-10H,1-4,6H2,(H,20,21). The van der Waals surface area contributed by atoms with Crippen molar-refractivity contribution in [1.82, 2.24) is 29.9 Å². The zero-order chi connectivity index (χ0) is 31.6. The van der Waals surface area contributed by atoms with Crippen LogP contribution >= 0.6 is 39.1 Å². The van der Waals surface area contributed by atoms with Crippen molar-refractivity contribution in [2.75, 3.05) is 50.2 Å². The minimum absolute atomic E-state index is 0.322. The predicted molar refractivity (Wildman–Crippen MR) is 172 cm³/mol. The summed E-state index contributed by atoms with van der Waals surface area (Å²) in [5, 5.41) is 7.23. The molecule has 0 radical (unpaired) electrons. The van der Waals surface area contributed by atoms with Gasteiger partial charge < -0.3 is 20.1 Å². The monoisotopic (exact) mass is 722 g/mol. The van der Waals surface area contributed by atoms with Crippen LogP contribution in [0.4, 0.5) is 20.4 Å². The first kappa shape index (κ1) is 33.3. The van der Waals surface area contributed by atoms with Crippen molar-refractivity contribution in [2.24, 2.45) is 11.8 Å². The molecular formula is C30H31BrCl2F2N8O2. The summed E-state index contributed by atoms with van der Waals surface area (Å²) in [5.74, 6) is 1.20. The highest BCUT2D eigenvalue weighted by molar-refractivity contribution is 9.10. The van der Waals surface area contributed by atoms with Gasteiger partial charge in [0.2, 0.25) is 11.9 Å². The van der Waals surface area contributed by atoms with Crippen LogP contribution in [0, 0.1) is 23.7 Å². The SMILES string of the molecule is Fc1cc(-c2cncc(NCC3CCOCC3)n2)c(Cl)cn1.Fc1cc(-c2nc(NCC3CCOCC3)cnc2Br)c(Cl)cn1. The summed E-state index contributed by atoms with van der Waals surface area (Å²) < 4.78 is 37.9. The number of nitrogens with one attached hydrogen (secondary N) is 2. The number of aromatic nitrogens is 6. The number of hydrogen-bond acceptors (Lipinski definition) is 10. The van der Waals surface area contributed by atoms with Crippen LogP contribution in [0.1, 0.15) is 25.7 Å². The second kappa shape index (κ2) is 16.5. The summed E-state index contributed by atoms with van der Waals surface area (Å²) in [6.45, 7) is 4.84. The quantitative estimate of drug-likeness (QED) is 0.182. The first-order valence-corrected chi connectivity index (χ1v) is 16.0. The van der Waals surface area contributed by atoms with Crippen LogP contribution in [0.15, 0.2) is 47.7 Å². The summed E-state index contributed by atoms with van der Waals surface area (Å²) in [5.41, 5.74) is 1.93. The van der Waals surface area contributed by atoms with E-state index in [0.29, 0.717) is 60.6 Å². The third-order valence-electron chi connectivity index (χ3n) is 7.36. The van der Waals surface area contributed by atoms with Gasteiger partial charge in [0.05, 0.1) is 34.3 Å². The van der Waals surface area contributed by atoms with Crippen molar-refractivity contribution >= 4 is 50.8 Å². The van der Waals surface area contributed by atoms with Gasteiger partial charge in [0.15, 0.2) is 0 Å². The predicted octanol–water partition coefficient (Wildman–Crippen LogP) is 7.10. The Morgan fingerprint density at radius 1 is 0.711 bits per heavy atom. The summed E-state index contributed by atoms with van der Waals surface area (Å²) >= 11 is 15.5. The lowest BCUT2D eigenvalue weighted by atomic mass is 10.0. The van der Waals surface area contributed by atoms with E-state index < -0.39 is 11.9 Å². The Morgan fingerprint density at radius 3 is 1.84 bits per heavy atom. The van der Waals surface area contributed by atoms with Crippen molar-refractivity contribution in [2.45, 2.75) is 25.7 Å². The summed E-state index contributed by atoms with van der Waals surface area (Å²) in [4.78, 5) is 24.4. The second-order valence-corrected chi connectivity index (χ2v) is 12.1. The van der Waals surface area contributed by atoms with Gasteiger partial charge in [-0.15, -0.1) is 0 Å². The summed E-state index contributed by atoms with van der Waals surface area (Å²) in [6, 6.07) is 2.51. The molecule has 6 heterocycles. The minimum atomic E-state index is -0.612. The van der Waals surface area contributed by atoms with Gasteiger partial charge in [-0.3, -0.25) is 4.98 Å². The summed E-state index contributed by atoms with van der Waals surface area (Å²) in [6.07, 6.45) is 11.5. The molecule has 2 aliphatic rings. The molecule has 2 saturated heterocycles. The fraction of sp³-hybridized carbons (Fsp3) is 0.400. The average molecular weight is 724 g/mol. The van der Waals surface area contributed by atoms with E-state index in [1.807, 2.05) is 0 Å². The van der Waals surface area contributed by atoms with Crippen LogP contribution in [-0.2, 0) is 9.47 Å². The Kier molecular flexibility index (Phi) is 12.2. The molecule has 2 fully saturated rings. The number of nitrogens with zero attached hydrogens (tertiary/aromatic N) is 6. The highest BCUT2D eigenvalue weighted by Crippen LogP contribution is 2.32. The van der Waals surface area contributed by atoms with Gasteiger partial charge >= 0.3 is 0 Å². The van der Waals surface area contributed by atoms with Gasteiger partial charge in [-0.2, -0.15) is 8.78 Å². The number of halogens is 5. The van der Waals surface area contributed by atoms with E-state index in [1.54, 1.807) is 18.6 Å². The highest BCUT2D eigenvalue weighted by Gasteiger charge is 2.17. The second-order valence-electron chi connectivity index (χ2n) is 10.5. The minimum Gasteiger partial charge on any atom is -0.381 e. The van der Waals surface area contributed by atoms with E-state index in [2.05, 4.69) is 56.5 Å². The van der Waals surface area contributed by atoms with E-state index in [-0.39, 0.29) is 0 Å². The Labute approximate surface area is 277 Å². The zero-order valence-electron chi connectivity index (χ0n) is 24.2. The molecule has 0 amide bonds. The van der Waals surface area contributed by atoms with Crippen LogP contribution in [0.2, 0.25) is 10.0 Å². The van der Waals surface area contributed by atoms with Crippen molar-refractivity contribution in [1.29, 1.82) is 0 Å². The maximum absolute atomic E-state index is 13.4. The van der Waals surface area contributed by atoms with E-state index >= 15 is 0 Å². The van der Waals surface area contributed by atoms with E-state index in [1.165, 1.54) is 24.5 Å². The Hall–Kier alpha value is -3.10. The number of ether oxygens (including phenoxy) is 2. The lowest BCUT2D eigenvalue weighted by molar-refractivity contribution is 0.0698. The van der Waals surface area contributed by atoms with Crippen molar-refractivity contribution < 1.29 is 18.3 Å². The largest absolute Gasteiger partial charge is 0.381 e. The lowest BCUT2D eigenvalue weighted by Crippen LogP contribution is -2.23. The fourth-order valence-electron chi connectivity index (χ4n) is 4.81. The number of rotatable bonds is 8. The molecular weight excluding hydrogens is 693 g/mol. The van der Waals surface area contributed by atoms with Gasteiger partial charge in [0.25, 0.3) is 0 Å². The molecule has 0 saturated carbocycles. The van der Waals surface area contributed by atoms with Gasteiger partial charge in [-0.1, -0.05) is 23.2 Å². The van der Waals surface area contributed by atoms with E-state index in [0.717, 1.165) is 65.2 Å². The molecule has 45 heavy (non-hydrogen) atoms. The van der Waals surface area contributed by atoms with Crippen LogP contribution < -0.4 is 10.6 Å². The van der Waals surface area contributed by atoms with Crippen LogP contribution in [0.3, 0.4) is 0 Å². The maximum atomic E-state index is 13.4. The molecule has 0 spiro atoms. The number of pyridine rings is 2. The van der Waals surface area contributed by atoms with Crippen LogP contribution in [-0.4, -0.2) is 69.4 Å². The van der Waals surface area contributed by atoms with Gasteiger partial charge in [-0.25, -0.2) is 24.9 Å². The smallest absolute Gasteiger partial charge is 0.213 e. The maximum Gasteiger partial charge on any atom is 0.213 e. The average Bonchev–Trinajstić information content (AvgIpc) is 3.07. The lowest BCUT2D eigenvalue weighted by Gasteiger charge is -2.22. The molecule has 2 aliphatic heterocycles. The Morgan fingerprint density at radius 2 is 1.24 bits per heavy atom. The van der Waals surface area contributed by atoms with Gasteiger partial charge in [0.1, 0.15) is 21.9 Å². The summed E-state index contributed by atoms with van der Waals surface area (Å²) in [7, 11) is 0. The third kappa shape index (κ3) is 9.69. The Balaban J connectivity index is 0.000000178. The topological polar surface area (TPSA) is 120 Å². The van der Waals surface area contributed by atoms with E-state index in [9.17, 15) is 8.78 Å². The first-order chi connectivity index (χ1) is 21.9. The highest BCUT2D eigenvalue weighted by atomic mass is 79.9. The molecule has 6 rings (SSSR count). The molecule has 2 N–H and O–H groups in total. The molecule has 0 bridgehead atoms. The van der Waals surface area contributed by atoms with Crippen molar-refractivity contribution in [3.63, 3.8) is 0 Å². The molecule has 238 valence electrons. The molecule has 10 nitrogen and oxygen atoms in total. The van der Waals surface area contributed by atoms with Crippen LogP contribution in [0.5, 0.6) is 0 Å². The molecule has 0 aromatic carbocycles. The van der Waals surface area contributed by atoms with Gasteiger partial charge in [0, 0.05) is 75.2 Å². The third-order valence-corrected chi connectivity index (χ3v) is 8.55. The molecule has 4 aromatic rings. The van der Waals surface area contributed by atoms with Crippen molar-refractivity contribution in [3.8, 4) is 22.5 Å². The zero-order valence-corrected chi connectivity index (χ0v) is 27.3. The Bertz CT molecular complexity index is 1580. The molecule has 4 aromatic heterocycles. The van der Waals surface area contributed by atoms with E-state index in [4.69, 9.17) is 32.7 Å². The molecule has 0 aliphatic carbocycles. The molecule has 0 unspecified atom stereocenters. The number of anilines is 2. The fourth-order valence-corrected chi connectivity index (χ4v) is 5.61. The van der Waals surface area contributed by atoms with Crippen LogP contribution in [0.25, 0.3) is 22.5 Å². The number of hydrogen-bond donors (Lipinski definition) is 2. The molecule has 15 heteroatoms.